The predicted molar refractivity (Wildman–Crippen MR) is 61.9 cm³/mol. The Bertz CT molecular complexity index is 422. The third-order valence-corrected chi connectivity index (χ3v) is 2.97. The van der Waals surface area contributed by atoms with Gasteiger partial charge in [-0.25, -0.2) is 4.39 Å². The first-order valence-corrected chi connectivity index (χ1v) is 5.78. The van der Waals surface area contributed by atoms with Gasteiger partial charge in [-0.2, -0.15) is 0 Å². The molecule has 1 heterocycles. The fourth-order valence-corrected chi connectivity index (χ4v) is 2.07. The quantitative estimate of drug-likeness (QED) is 0.819. The van der Waals surface area contributed by atoms with Crippen molar-refractivity contribution in [1.29, 1.82) is 0 Å². The van der Waals surface area contributed by atoms with E-state index >= 15 is 0 Å². The summed E-state index contributed by atoms with van der Waals surface area (Å²) in [5.41, 5.74) is 0.831. The molecular formula is C13H16FNO2. The van der Waals surface area contributed by atoms with Crippen molar-refractivity contribution >= 4 is 5.97 Å². The van der Waals surface area contributed by atoms with E-state index in [0.717, 1.165) is 5.56 Å². The van der Waals surface area contributed by atoms with Gasteiger partial charge in [-0.1, -0.05) is 12.1 Å². The van der Waals surface area contributed by atoms with Crippen LogP contribution in [0.2, 0.25) is 0 Å². The van der Waals surface area contributed by atoms with Gasteiger partial charge in [0.2, 0.25) is 0 Å². The molecule has 3 nitrogen and oxygen atoms in total. The molecule has 17 heavy (non-hydrogen) atoms. The highest BCUT2D eigenvalue weighted by Gasteiger charge is 2.32. The Hall–Kier alpha value is -1.42. The molecule has 1 aliphatic heterocycles. The molecule has 0 spiro atoms. The molecule has 0 amide bonds. The number of hydrogen-bond acceptors (Lipinski definition) is 3. The first-order valence-electron chi connectivity index (χ1n) is 5.78. The molecular weight excluding hydrogens is 221 g/mol. The highest BCUT2D eigenvalue weighted by atomic mass is 19.1. The lowest BCUT2D eigenvalue weighted by Gasteiger charge is -2.17. The van der Waals surface area contributed by atoms with Crippen molar-refractivity contribution in [2.24, 2.45) is 0 Å². The van der Waals surface area contributed by atoms with Gasteiger partial charge in [0, 0.05) is 12.5 Å². The predicted octanol–water partition coefficient (Wildman–Crippen LogP) is 2.18. The molecule has 0 saturated carbocycles. The number of rotatable bonds is 3. The van der Waals surface area contributed by atoms with Gasteiger partial charge in [-0.15, -0.1) is 0 Å². The molecule has 0 aromatic heterocycles. The normalized spacial score (nSPS) is 25.7. The van der Waals surface area contributed by atoms with Crippen LogP contribution in [0.3, 0.4) is 0 Å². The summed E-state index contributed by atoms with van der Waals surface area (Å²) in [5.74, 6) is -0.487. The third-order valence-electron chi connectivity index (χ3n) is 2.97. The summed E-state index contributed by atoms with van der Waals surface area (Å²) >= 11 is 0. The summed E-state index contributed by atoms with van der Waals surface area (Å²) in [7, 11) is 0. The average molecular weight is 237 g/mol. The topological polar surface area (TPSA) is 38.3 Å². The number of nitrogens with one attached hydrogen (secondary N) is 1. The Labute approximate surface area is 100.0 Å². The molecule has 4 heteroatoms. The number of carbonyl (C=O) groups is 1. The van der Waals surface area contributed by atoms with Crippen molar-refractivity contribution in [2.45, 2.75) is 38.5 Å². The van der Waals surface area contributed by atoms with E-state index in [9.17, 15) is 9.18 Å². The standard InChI is InChI=1S/C13H16FNO2/c1-8-6-12(13(16)17-8)15-9(2)10-4-3-5-11(14)7-10/h3-5,7-9,12,15H,6H2,1-2H3. The second kappa shape index (κ2) is 4.84. The maximum atomic E-state index is 13.1. The molecule has 1 fully saturated rings. The third kappa shape index (κ3) is 2.82. The van der Waals surface area contributed by atoms with E-state index in [1.54, 1.807) is 6.07 Å². The summed E-state index contributed by atoms with van der Waals surface area (Å²) in [6, 6.07) is 6.02. The van der Waals surface area contributed by atoms with Crippen molar-refractivity contribution in [2.75, 3.05) is 0 Å². The van der Waals surface area contributed by atoms with Crippen LogP contribution < -0.4 is 5.32 Å². The SMILES string of the molecule is CC1CC(NC(C)c2cccc(F)c2)C(=O)O1. The van der Waals surface area contributed by atoms with Gasteiger partial charge >= 0.3 is 5.97 Å². The molecule has 0 aliphatic carbocycles. The minimum Gasteiger partial charge on any atom is -0.461 e. The van der Waals surface area contributed by atoms with E-state index in [-0.39, 0.29) is 30.0 Å². The Morgan fingerprint density at radius 2 is 2.29 bits per heavy atom. The van der Waals surface area contributed by atoms with E-state index in [2.05, 4.69) is 5.32 Å². The van der Waals surface area contributed by atoms with Crippen molar-refractivity contribution in [3.63, 3.8) is 0 Å². The molecule has 1 aromatic carbocycles. The number of ether oxygens (including phenoxy) is 1. The van der Waals surface area contributed by atoms with E-state index in [1.807, 2.05) is 19.9 Å². The lowest BCUT2D eigenvalue weighted by Crippen LogP contribution is -2.35. The van der Waals surface area contributed by atoms with E-state index in [1.165, 1.54) is 12.1 Å². The molecule has 0 bridgehead atoms. The number of halogens is 1. The molecule has 2 rings (SSSR count). The molecule has 1 N–H and O–H groups in total. The van der Waals surface area contributed by atoms with Crippen LogP contribution in [-0.2, 0) is 9.53 Å². The Morgan fingerprint density at radius 1 is 1.53 bits per heavy atom. The van der Waals surface area contributed by atoms with Crippen molar-refractivity contribution in [3.05, 3.63) is 35.6 Å². The minimum absolute atomic E-state index is 0.0419. The van der Waals surface area contributed by atoms with Crippen LogP contribution in [0, 0.1) is 5.82 Å². The van der Waals surface area contributed by atoms with Gasteiger partial charge in [0.1, 0.15) is 18.0 Å². The maximum absolute atomic E-state index is 13.1. The Kier molecular flexibility index (Phi) is 3.43. The summed E-state index contributed by atoms with van der Waals surface area (Å²) in [5, 5.41) is 3.16. The lowest BCUT2D eigenvalue weighted by molar-refractivity contribution is -0.142. The molecule has 1 aliphatic rings. The van der Waals surface area contributed by atoms with Gasteiger partial charge in [0.25, 0.3) is 0 Å². The van der Waals surface area contributed by atoms with Gasteiger partial charge < -0.3 is 4.74 Å². The minimum atomic E-state index is -0.289. The fourth-order valence-electron chi connectivity index (χ4n) is 2.07. The number of esters is 1. The summed E-state index contributed by atoms with van der Waals surface area (Å²) in [6.07, 6.45) is 0.623. The van der Waals surface area contributed by atoms with Crippen LogP contribution in [-0.4, -0.2) is 18.1 Å². The van der Waals surface area contributed by atoms with Crippen LogP contribution in [0.15, 0.2) is 24.3 Å². The zero-order valence-electron chi connectivity index (χ0n) is 9.94. The van der Waals surface area contributed by atoms with Crippen molar-refractivity contribution in [1.82, 2.24) is 5.32 Å². The molecule has 3 unspecified atom stereocenters. The molecule has 1 aromatic rings. The monoisotopic (exact) mass is 237 g/mol. The van der Waals surface area contributed by atoms with Gasteiger partial charge in [0.15, 0.2) is 0 Å². The fraction of sp³-hybridized carbons (Fsp3) is 0.462. The van der Waals surface area contributed by atoms with Crippen LogP contribution in [0.25, 0.3) is 0 Å². The van der Waals surface area contributed by atoms with Crippen LogP contribution in [0.1, 0.15) is 31.9 Å². The zero-order valence-corrected chi connectivity index (χ0v) is 9.94. The van der Waals surface area contributed by atoms with Crippen LogP contribution in [0.5, 0.6) is 0 Å². The second-order valence-corrected chi connectivity index (χ2v) is 4.48. The van der Waals surface area contributed by atoms with E-state index in [0.29, 0.717) is 6.42 Å². The number of benzene rings is 1. The first kappa shape index (κ1) is 12.0. The molecule has 1 saturated heterocycles. The molecule has 0 radical (unpaired) electrons. The molecule has 92 valence electrons. The van der Waals surface area contributed by atoms with Gasteiger partial charge in [-0.05, 0) is 31.5 Å². The smallest absolute Gasteiger partial charge is 0.323 e. The van der Waals surface area contributed by atoms with Crippen molar-refractivity contribution in [3.8, 4) is 0 Å². The largest absolute Gasteiger partial charge is 0.461 e. The summed E-state index contributed by atoms with van der Waals surface area (Å²) in [4.78, 5) is 11.5. The second-order valence-electron chi connectivity index (χ2n) is 4.48. The average Bonchev–Trinajstić information content (AvgIpc) is 2.57. The Morgan fingerprint density at radius 3 is 2.88 bits per heavy atom. The van der Waals surface area contributed by atoms with E-state index < -0.39 is 0 Å². The number of cyclic esters (lactones) is 1. The highest BCUT2D eigenvalue weighted by molar-refractivity contribution is 5.78. The highest BCUT2D eigenvalue weighted by Crippen LogP contribution is 2.19. The summed E-state index contributed by atoms with van der Waals surface area (Å²) in [6.45, 7) is 3.78. The Balaban J connectivity index is 2.02. The zero-order chi connectivity index (χ0) is 12.4. The summed E-state index contributed by atoms with van der Waals surface area (Å²) < 4.78 is 18.1. The number of carbonyl (C=O) groups excluding carboxylic acids is 1. The van der Waals surface area contributed by atoms with Gasteiger partial charge in [-0.3, -0.25) is 10.1 Å². The van der Waals surface area contributed by atoms with E-state index in [4.69, 9.17) is 4.74 Å². The van der Waals surface area contributed by atoms with Crippen LogP contribution in [0.4, 0.5) is 4.39 Å². The van der Waals surface area contributed by atoms with Crippen LogP contribution >= 0.6 is 0 Å². The number of hydrogen-bond donors (Lipinski definition) is 1. The van der Waals surface area contributed by atoms with Crippen molar-refractivity contribution < 1.29 is 13.9 Å². The first-order chi connectivity index (χ1) is 8.06. The maximum Gasteiger partial charge on any atom is 0.323 e. The van der Waals surface area contributed by atoms with Gasteiger partial charge in [0.05, 0.1) is 0 Å². The molecule has 3 atom stereocenters. The lowest BCUT2D eigenvalue weighted by atomic mass is 10.1.